The van der Waals surface area contributed by atoms with E-state index in [-0.39, 0.29) is 5.91 Å². The average Bonchev–Trinajstić information content (AvgIpc) is 3.31. The highest BCUT2D eigenvalue weighted by atomic mass is 16.2. The Labute approximate surface area is 149 Å². The van der Waals surface area contributed by atoms with E-state index in [1.165, 1.54) is 12.8 Å². The van der Waals surface area contributed by atoms with Crippen LogP contribution in [0.15, 0.2) is 35.5 Å². The molecule has 0 radical (unpaired) electrons. The van der Waals surface area contributed by atoms with Gasteiger partial charge in [-0.3, -0.25) is 4.79 Å². The lowest BCUT2D eigenvalue weighted by Crippen LogP contribution is -2.35. The molecule has 1 aliphatic carbocycles. The van der Waals surface area contributed by atoms with Crippen LogP contribution in [0.4, 0.5) is 5.95 Å². The second-order valence-corrected chi connectivity index (χ2v) is 6.53. The maximum Gasteiger partial charge on any atom is 0.253 e. The highest BCUT2D eigenvalue weighted by molar-refractivity contribution is 5.94. The molecule has 1 aromatic carbocycles. The monoisotopic (exact) mass is 338 g/mol. The molecule has 0 spiro atoms. The Morgan fingerprint density at radius 1 is 1.32 bits per heavy atom. The van der Waals surface area contributed by atoms with Crippen LogP contribution < -0.4 is 0 Å². The van der Waals surface area contributed by atoms with Gasteiger partial charge in [0.2, 0.25) is 5.95 Å². The minimum atomic E-state index is 0.105. The molecule has 0 aliphatic heterocycles. The first-order valence-electron chi connectivity index (χ1n) is 9.07. The molecule has 5 nitrogen and oxygen atoms in total. The van der Waals surface area contributed by atoms with Gasteiger partial charge in [-0.15, -0.1) is 0 Å². The summed E-state index contributed by atoms with van der Waals surface area (Å²) in [5.74, 6) is 0.815. The van der Waals surface area contributed by atoms with Crippen molar-refractivity contribution in [1.82, 2.24) is 14.5 Å². The molecule has 1 amide bonds. The third-order valence-corrected chi connectivity index (χ3v) is 4.96. The number of rotatable bonds is 5. The number of benzene rings is 1. The molecule has 1 aromatic heterocycles. The molecule has 1 aliphatic rings. The van der Waals surface area contributed by atoms with Crippen LogP contribution in [0.1, 0.15) is 49.9 Å². The average molecular weight is 338 g/mol. The molecular weight excluding hydrogens is 312 g/mol. The Balaban J connectivity index is 1.79. The van der Waals surface area contributed by atoms with Gasteiger partial charge in [-0.2, -0.15) is 0 Å². The molecule has 0 bridgehead atoms. The van der Waals surface area contributed by atoms with Crippen LogP contribution >= 0.6 is 0 Å². The zero-order valence-electron chi connectivity index (χ0n) is 15.3. The Morgan fingerprint density at radius 3 is 2.60 bits per heavy atom. The number of amides is 1. The zero-order valence-corrected chi connectivity index (χ0v) is 15.3. The van der Waals surface area contributed by atoms with Gasteiger partial charge in [-0.05, 0) is 38.8 Å². The quantitative estimate of drug-likeness (QED) is 0.763. The van der Waals surface area contributed by atoms with Crippen molar-refractivity contribution in [3.63, 3.8) is 0 Å². The number of aryl methyl sites for hydroxylation is 1. The zero-order chi connectivity index (χ0) is 17.8. The molecule has 0 atom stereocenters. The van der Waals surface area contributed by atoms with Gasteiger partial charge >= 0.3 is 0 Å². The number of carbonyl (C=O) groups excluding carboxylic acids is 1. The number of aliphatic imine (C=N–C) groups is 1. The van der Waals surface area contributed by atoms with Crippen LogP contribution in [-0.2, 0) is 6.54 Å². The van der Waals surface area contributed by atoms with Crippen molar-refractivity contribution in [3.8, 4) is 11.3 Å². The summed E-state index contributed by atoms with van der Waals surface area (Å²) in [6, 6.07) is 8.13. The van der Waals surface area contributed by atoms with E-state index in [4.69, 9.17) is 0 Å². The van der Waals surface area contributed by atoms with Gasteiger partial charge in [0.1, 0.15) is 0 Å². The van der Waals surface area contributed by atoms with Crippen LogP contribution in [0, 0.1) is 0 Å². The molecular formula is C20H26N4O. The fourth-order valence-electron chi connectivity index (χ4n) is 3.44. The highest BCUT2D eigenvalue weighted by Crippen LogP contribution is 2.25. The van der Waals surface area contributed by atoms with Crippen LogP contribution in [-0.4, -0.2) is 39.7 Å². The van der Waals surface area contributed by atoms with E-state index in [0.29, 0.717) is 12.0 Å². The van der Waals surface area contributed by atoms with Crippen molar-refractivity contribution in [2.45, 2.75) is 52.1 Å². The molecule has 0 unspecified atom stereocenters. The fourth-order valence-corrected chi connectivity index (χ4v) is 3.44. The topological polar surface area (TPSA) is 50.5 Å². The van der Waals surface area contributed by atoms with E-state index in [1.807, 2.05) is 53.9 Å². The summed E-state index contributed by atoms with van der Waals surface area (Å²) in [4.78, 5) is 23.4. The first-order chi connectivity index (χ1) is 12.1. The molecule has 0 N–H and O–H groups in total. The first kappa shape index (κ1) is 17.4. The van der Waals surface area contributed by atoms with Crippen LogP contribution in [0.2, 0.25) is 0 Å². The maximum atomic E-state index is 12.7. The van der Waals surface area contributed by atoms with Gasteiger partial charge in [0, 0.05) is 43.2 Å². The van der Waals surface area contributed by atoms with Crippen LogP contribution in [0.5, 0.6) is 0 Å². The molecule has 2 aromatic rings. The van der Waals surface area contributed by atoms with Crippen molar-refractivity contribution >= 4 is 18.1 Å². The van der Waals surface area contributed by atoms with Crippen LogP contribution in [0.3, 0.4) is 0 Å². The van der Waals surface area contributed by atoms with E-state index in [1.54, 1.807) is 6.21 Å². The SMILES string of the molecule is C/C=N\c1nc(-c2ccc(C(=O)N(C)C3CCCC3)cc2)cn1CC. The summed E-state index contributed by atoms with van der Waals surface area (Å²) in [5.41, 5.74) is 2.62. The van der Waals surface area contributed by atoms with E-state index in [9.17, 15) is 4.79 Å². The molecule has 1 fully saturated rings. The minimum absolute atomic E-state index is 0.105. The summed E-state index contributed by atoms with van der Waals surface area (Å²) in [6.45, 7) is 4.78. The number of nitrogens with zero attached hydrogens (tertiary/aromatic N) is 4. The van der Waals surface area contributed by atoms with Crippen LogP contribution in [0.25, 0.3) is 11.3 Å². The summed E-state index contributed by atoms with van der Waals surface area (Å²) in [6.07, 6.45) is 8.45. The number of hydrogen-bond donors (Lipinski definition) is 0. The summed E-state index contributed by atoms with van der Waals surface area (Å²) < 4.78 is 2.02. The second-order valence-electron chi connectivity index (χ2n) is 6.53. The van der Waals surface area contributed by atoms with Crippen molar-refractivity contribution in [1.29, 1.82) is 0 Å². The van der Waals surface area contributed by atoms with Gasteiger partial charge in [0.05, 0.1) is 5.69 Å². The summed E-state index contributed by atoms with van der Waals surface area (Å²) in [7, 11) is 1.92. The van der Waals surface area contributed by atoms with Gasteiger partial charge in [-0.1, -0.05) is 25.0 Å². The minimum Gasteiger partial charge on any atom is -0.339 e. The van der Waals surface area contributed by atoms with Gasteiger partial charge < -0.3 is 9.47 Å². The largest absolute Gasteiger partial charge is 0.339 e. The highest BCUT2D eigenvalue weighted by Gasteiger charge is 2.24. The van der Waals surface area contributed by atoms with Gasteiger partial charge in [-0.25, -0.2) is 9.98 Å². The van der Waals surface area contributed by atoms with Crippen molar-refractivity contribution < 1.29 is 4.79 Å². The van der Waals surface area contributed by atoms with Gasteiger partial charge in [0.15, 0.2) is 0 Å². The number of carbonyl (C=O) groups is 1. The van der Waals surface area contributed by atoms with E-state index in [0.717, 1.165) is 36.2 Å². The maximum absolute atomic E-state index is 12.7. The molecule has 0 saturated heterocycles. The van der Waals surface area contributed by atoms with E-state index >= 15 is 0 Å². The Kier molecular flexibility index (Phi) is 5.31. The molecule has 5 heteroatoms. The smallest absolute Gasteiger partial charge is 0.253 e. The molecule has 1 saturated carbocycles. The van der Waals surface area contributed by atoms with E-state index in [2.05, 4.69) is 16.9 Å². The molecule has 3 rings (SSSR count). The molecule has 1 heterocycles. The molecule has 25 heavy (non-hydrogen) atoms. The lowest BCUT2D eigenvalue weighted by molar-refractivity contribution is 0.0735. The third kappa shape index (κ3) is 3.65. The standard InChI is InChI=1S/C20H26N4O/c1-4-21-20-22-18(14-24(20)5-2)15-10-12-16(13-11-15)19(25)23(3)17-8-6-7-9-17/h4,10-14,17H,5-9H2,1-3H3/b21-4-. The Hall–Kier alpha value is -2.43. The Morgan fingerprint density at radius 2 is 2.00 bits per heavy atom. The fraction of sp³-hybridized carbons (Fsp3) is 0.450. The number of hydrogen-bond acceptors (Lipinski definition) is 3. The van der Waals surface area contributed by atoms with Crippen molar-refractivity contribution in [3.05, 3.63) is 36.0 Å². The lowest BCUT2D eigenvalue weighted by atomic mass is 10.1. The number of imidazole rings is 1. The van der Waals surface area contributed by atoms with E-state index < -0.39 is 0 Å². The predicted octanol–water partition coefficient (Wildman–Crippen LogP) is 4.31. The molecule has 132 valence electrons. The second kappa shape index (κ2) is 7.64. The predicted molar refractivity (Wildman–Crippen MR) is 102 cm³/mol. The van der Waals surface area contributed by atoms with Gasteiger partial charge in [0.25, 0.3) is 5.91 Å². The lowest BCUT2D eigenvalue weighted by Gasteiger charge is -2.24. The number of aromatic nitrogens is 2. The third-order valence-electron chi connectivity index (χ3n) is 4.96. The van der Waals surface area contributed by atoms with Crippen molar-refractivity contribution in [2.24, 2.45) is 4.99 Å². The summed E-state index contributed by atoms with van der Waals surface area (Å²) in [5, 5.41) is 0. The normalized spacial score (nSPS) is 15.2. The summed E-state index contributed by atoms with van der Waals surface area (Å²) >= 11 is 0. The van der Waals surface area contributed by atoms with Crippen molar-refractivity contribution in [2.75, 3.05) is 7.05 Å². The first-order valence-corrected chi connectivity index (χ1v) is 9.07. The Bertz CT molecular complexity index is 755.